The molecule has 0 aliphatic rings. The minimum Gasteiger partial charge on any atom is -0.378 e. The Bertz CT molecular complexity index is 1120. The number of hydrogen-bond donors (Lipinski definition) is 2. The Morgan fingerprint density at radius 2 is 1.77 bits per heavy atom. The zero-order valence-electron chi connectivity index (χ0n) is 17.2. The van der Waals surface area contributed by atoms with Crippen LogP contribution in [0.25, 0.3) is 11.0 Å². The molecule has 30 heavy (non-hydrogen) atoms. The average molecular weight is 399 g/mol. The Hall–Kier alpha value is -3.67. The van der Waals surface area contributed by atoms with Gasteiger partial charge in [-0.15, -0.1) is 0 Å². The predicted octanol–water partition coefficient (Wildman–Crippen LogP) is 3.67. The van der Waals surface area contributed by atoms with Crippen LogP contribution in [0.5, 0.6) is 0 Å². The SMILES string of the molecule is CN(C)c1ccc(CC(=O)N[C@@H](Cc2ccccc2)c2[nH]nc3ncccc23)cc1. The van der Waals surface area contributed by atoms with E-state index in [9.17, 15) is 4.79 Å². The van der Waals surface area contributed by atoms with Crippen molar-refractivity contribution in [1.82, 2.24) is 20.5 Å². The molecule has 6 heteroatoms. The molecule has 1 atom stereocenters. The largest absolute Gasteiger partial charge is 0.378 e. The molecule has 0 aliphatic carbocycles. The number of aromatic nitrogens is 3. The minimum absolute atomic E-state index is 0.0276. The second-order valence-electron chi connectivity index (χ2n) is 7.56. The first-order chi connectivity index (χ1) is 14.6. The summed E-state index contributed by atoms with van der Waals surface area (Å²) in [5.74, 6) is -0.0276. The number of H-pyrrole nitrogens is 1. The smallest absolute Gasteiger partial charge is 0.224 e. The Balaban J connectivity index is 1.55. The van der Waals surface area contributed by atoms with Crippen molar-refractivity contribution in [3.05, 3.63) is 89.7 Å². The number of fused-ring (bicyclic) bond motifs is 1. The number of anilines is 1. The zero-order valence-corrected chi connectivity index (χ0v) is 17.2. The Morgan fingerprint density at radius 1 is 1.00 bits per heavy atom. The lowest BCUT2D eigenvalue weighted by atomic mass is 10.0. The van der Waals surface area contributed by atoms with Gasteiger partial charge in [0.2, 0.25) is 5.91 Å². The van der Waals surface area contributed by atoms with Crippen LogP contribution >= 0.6 is 0 Å². The van der Waals surface area contributed by atoms with Crippen LogP contribution in [-0.4, -0.2) is 35.2 Å². The molecule has 2 N–H and O–H groups in total. The van der Waals surface area contributed by atoms with Crippen LogP contribution in [0, 0.1) is 0 Å². The normalized spacial score (nSPS) is 11.9. The number of aromatic amines is 1. The Kier molecular flexibility index (Phi) is 5.75. The minimum atomic E-state index is -0.227. The molecule has 2 aromatic heterocycles. The van der Waals surface area contributed by atoms with Crippen LogP contribution in [0.3, 0.4) is 0 Å². The second-order valence-corrected chi connectivity index (χ2v) is 7.56. The molecule has 0 saturated carbocycles. The maximum Gasteiger partial charge on any atom is 0.224 e. The number of nitrogens with one attached hydrogen (secondary N) is 2. The lowest BCUT2D eigenvalue weighted by Gasteiger charge is -2.19. The van der Waals surface area contributed by atoms with Crippen molar-refractivity contribution >= 4 is 22.6 Å². The first-order valence-corrected chi connectivity index (χ1v) is 9.98. The van der Waals surface area contributed by atoms with Gasteiger partial charge in [-0.05, 0) is 41.8 Å². The van der Waals surface area contributed by atoms with E-state index < -0.39 is 0 Å². The van der Waals surface area contributed by atoms with E-state index in [0.717, 1.165) is 27.9 Å². The molecular weight excluding hydrogens is 374 g/mol. The predicted molar refractivity (Wildman–Crippen MR) is 119 cm³/mol. The van der Waals surface area contributed by atoms with E-state index in [1.165, 1.54) is 0 Å². The summed E-state index contributed by atoms with van der Waals surface area (Å²) < 4.78 is 0. The highest BCUT2D eigenvalue weighted by atomic mass is 16.1. The van der Waals surface area contributed by atoms with Gasteiger partial charge in [-0.3, -0.25) is 9.89 Å². The number of amides is 1. The molecule has 6 nitrogen and oxygen atoms in total. The summed E-state index contributed by atoms with van der Waals surface area (Å²) in [7, 11) is 4.00. The summed E-state index contributed by atoms with van der Waals surface area (Å²) in [6.07, 6.45) is 2.71. The van der Waals surface area contributed by atoms with Crippen molar-refractivity contribution in [2.24, 2.45) is 0 Å². The van der Waals surface area contributed by atoms with Crippen molar-refractivity contribution in [2.75, 3.05) is 19.0 Å². The molecule has 152 valence electrons. The molecule has 0 saturated heterocycles. The highest BCUT2D eigenvalue weighted by molar-refractivity contribution is 5.82. The molecule has 1 amide bonds. The quantitative estimate of drug-likeness (QED) is 0.497. The van der Waals surface area contributed by atoms with E-state index in [-0.39, 0.29) is 11.9 Å². The van der Waals surface area contributed by atoms with Crippen molar-refractivity contribution in [3.63, 3.8) is 0 Å². The molecule has 0 radical (unpaired) electrons. The zero-order chi connectivity index (χ0) is 20.9. The van der Waals surface area contributed by atoms with E-state index in [2.05, 4.69) is 32.6 Å². The van der Waals surface area contributed by atoms with E-state index in [1.54, 1.807) is 6.20 Å². The summed E-state index contributed by atoms with van der Waals surface area (Å²) >= 11 is 0. The number of rotatable bonds is 7. The molecule has 4 rings (SSSR count). The van der Waals surface area contributed by atoms with Crippen molar-refractivity contribution in [3.8, 4) is 0 Å². The van der Waals surface area contributed by atoms with Gasteiger partial charge in [0.25, 0.3) is 0 Å². The van der Waals surface area contributed by atoms with Gasteiger partial charge < -0.3 is 10.2 Å². The van der Waals surface area contributed by atoms with Crippen molar-refractivity contribution < 1.29 is 4.79 Å². The molecule has 0 aliphatic heterocycles. The van der Waals surface area contributed by atoms with Gasteiger partial charge >= 0.3 is 0 Å². The standard InChI is InChI=1S/C24H25N5O/c1-29(2)19-12-10-18(11-13-19)16-22(30)26-21(15-17-7-4-3-5-8-17)23-20-9-6-14-25-24(20)28-27-23/h3-14,21H,15-16H2,1-2H3,(H,26,30)(H,25,27,28)/t21-/m0/s1. The molecule has 2 heterocycles. The lowest BCUT2D eigenvalue weighted by Crippen LogP contribution is -2.31. The number of nitrogens with zero attached hydrogens (tertiary/aromatic N) is 3. The topological polar surface area (TPSA) is 73.9 Å². The fourth-order valence-corrected chi connectivity index (χ4v) is 3.55. The third-order valence-electron chi connectivity index (χ3n) is 5.14. The first kappa shape index (κ1) is 19.6. The summed E-state index contributed by atoms with van der Waals surface area (Å²) in [6.45, 7) is 0. The first-order valence-electron chi connectivity index (χ1n) is 9.98. The fraction of sp³-hybridized carbons (Fsp3) is 0.208. The number of carbonyl (C=O) groups is 1. The van der Waals surface area contributed by atoms with E-state index in [4.69, 9.17) is 0 Å². The van der Waals surface area contributed by atoms with E-state index in [1.807, 2.05) is 73.6 Å². The molecule has 4 aromatic rings. The monoisotopic (exact) mass is 399 g/mol. The summed E-state index contributed by atoms with van der Waals surface area (Å²) in [5.41, 5.74) is 4.76. The lowest BCUT2D eigenvalue weighted by molar-refractivity contribution is -0.121. The summed E-state index contributed by atoms with van der Waals surface area (Å²) in [4.78, 5) is 19.2. The second kappa shape index (κ2) is 8.78. The number of benzene rings is 2. The molecule has 0 spiro atoms. The molecule has 2 aromatic carbocycles. The molecular formula is C24H25N5O. The third-order valence-corrected chi connectivity index (χ3v) is 5.14. The van der Waals surface area contributed by atoms with Gasteiger partial charge in [0.05, 0.1) is 18.2 Å². The van der Waals surface area contributed by atoms with Crippen molar-refractivity contribution in [1.29, 1.82) is 0 Å². The molecule has 0 bridgehead atoms. The highest BCUT2D eigenvalue weighted by Gasteiger charge is 2.20. The summed E-state index contributed by atoms with van der Waals surface area (Å²) in [5, 5.41) is 11.5. The van der Waals surface area contributed by atoms with Gasteiger partial charge in [0.15, 0.2) is 5.65 Å². The van der Waals surface area contributed by atoms with Gasteiger partial charge in [-0.1, -0.05) is 42.5 Å². The Labute approximate surface area is 176 Å². The average Bonchev–Trinajstić information content (AvgIpc) is 3.18. The van der Waals surface area contributed by atoms with E-state index in [0.29, 0.717) is 18.5 Å². The number of carbonyl (C=O) groups excluding carboxylic acids is 1. The van der Waals surface area contributed by atoms with Gasteiger partial charge in [0.1, 0.15) is 0 Å². The van der Waals surface area contributed by atoms with Crippen molar-refractivity contribution in [2.45, 2.75) is 18.9 Å². The highest BCUT2D eigenvalue weighted by Crippen LogP contribution is 2.24. The van der Waals surface area contributed by atoms with Crippen LogP contribution in [0.2, 0.25) is 0 Å². The molecule has 0 unspecified atom stereocenters. The van der Waals surface area contributed by atoms with Gasteiger partial charge in [-0.25, -0.2) is 4.98 Å². The van der Waals surface area contributed by atoms with Crippen LogP contribution in [-0.2, 0) is 17.6 Å². The van der Waals surface area contributed by atoms with Crippen LogP contribution in [0.1, 0.15) is 22.9 Å². The number of pyridine rings is 1. The van der Waals surface area contributed by atoms with Gasteiger partial charge in [0, 0.05) is 31.4 Å². The maximum absolute atomic E-state index is 12.9. The fourth-order valence-electron chi connectivity index (χ4n) is 3.55. The van der Waals surface area contributed by atoms with Crippen LogP contribution in [0.4, 0.5) is 5.69 Å². The summed E-state index contributed by atoms with van der Waals surface area (Å²) in [6, 6.07) is 21.8. The van der Waals surface area contributed by atoms with Crippen LogP contribution < -0.4 is 10.2 Å². The van der Waals surface area contributed by atoms with Crippen LogP contribution in [0.15, 0.2) is 72.9 Å². The van der Waals surface area contributed by atoms with Gasteiger partial charge in [-0.2, -0.15) is 5.10 Å². The maximum atomic E-state index is 12.9. The third kappa shape index (κ3) is 4.49. The number of hydrogen-bond acceptors (Lipinski definition) is 4. The Morgan fingerprint density at radius 3 is 2.50 bits per heavy atom. The van der Waals surface area contributed by atoms with E-state index >= 15 is 0 Å². The molecule has 0 fully saturated rings.